The van der Waals surface area contributed by atoms with Gasteiger partial charge in [0.2, 0.25) is 0 Å². The van der Waals surface area contributed by atoms with Crippen LogP contribution in [0.25, 0.3) is 0 Å². The fourth-order valence-electron chi connectivity index (χ4n) is 6.20. The number of carbonyl (C=O) groups excluding carboxylic acids is 1. The standard InChI is InChI=1S/C25H35FO2/c1-3-4-17-6-9-18(10-7-17)19-11-13-20(14-12-19)22-15-21-8-5-16(2)23(26)24(21)28-25(22)27/h5,8,17-20,22H,3-4,6-7,9-15H2,1-2H3. The van der Waals surface area contributed by atoms with E-state index in [1.54, 1.807) is 13.0 Å². The summed E-state index contributed by atoms with van der Waals surface area (Å²) in [6.45, 7) is 4.02. The Bertz CT molecular complexity index is 697. The molecule has 2 aliphatic carbocycles. The number of halogens is 1. The number of aryl methyl sites for hydroxylation is 1. The van der Waals surface area contributed by atoms with Crippen LogP contribution in [-0.2, 0) is 11.2 Å². The summed E-state index contributed by atoms with van der Waals surface area (Å²) in [5.74, 6) is 2.65. The van der Waals surface area contributed by atoms with Crippen LogP contribution < -0.4 is 4.74 Å². The van der Waals surface area contributed by atoms with Crippen LogP contribution >= 0.6 is 0 Å². The summed E-state index contributed by atoms with van der Waals surface area (Å²) in [6, 6.07) is 3.74. The Labute approximate surface area is 169 Å². The van der Waals surface area contributed by atoms with Crippen molar-refractivity contribution in [2.75, 3.05) is 0 Å². The topological polar surface area (TPSA) is 26.3 Å². The lowest BCUT2D eigenvalue weighted by Gasteiger charge is -2.40. The summed E-state index contributed by atoms with van der Waals surface area (Å²) < 4.78 is 19.8. The fourth-order valence-corrected chi connectivity index (χ4v) is 6.20. The molecule has 2 nitrogen and oxygen atoms in total. The molecule has 3 heteroatoms. The maximum absolute atomic E-state index is 14.3. The van der Waals surface area contributed by atoms with Crippen molar-refractivity contribution in [2.45, 2.75) is 84.5 Å². The second-order valence-corrected chi connectivity index (χ2v) is 9.66. The molecule has 0 N–H and O–H groups in total. The number of hydrogen-bond donors (Lipinski definition) is 0. The molecule has 1 aromatic rings. The molecule has 28 heavy (non-hydrogen) atoms. The number of esters is 1. The van der Waals surface area contributed by atoms with Crippen molar-refractivity contribution in [3.63, 3.8) is 0 Å². The van der Waals surface area contributed by atoms with Gasteiger partial charge in [-0.3, -0.25) is 4.79 Å². The molecule has 0 bridgehead atoms. The summed E-state index contributed by atoms with van der Waals surface area (Å²) in [6.07, 6.45) is 13.8. The Balaban J connectivity index is 1.33. The number of carbonyl (C=O) groups is 1. The minimum absolute atomic E-state index is 0.0872. The monoisotopic (exact) mass is 386 g/mol. The molecule has 1 aliphatic heterocycles. The number of rotatable bonds is 4. The number of hydrogen-bond acceptors (Lipinski definition) is 2. The zero-order chi connectivity index (χ0) is 19.7. The Morgan fingerprint density at radius 2 is 1.57 bits per heavy atom. The van der Waals surface area contributed by atoms with Gasteiger partial charge in [-0.25, -0.2) is 4.39 Å². The van der Waals surface area contributed by atoms with Gasteiger partial charge in [-0.2, -0.15) is 0 Å². The molecule has 2 fully saturated rings. The van der Waals surface area contributed by atoms with Gasteiger partial charge in [-0.1, -0.05) is 44.7 Å². The summed E-state index contributed by atoms with van der Waals surface area (Å²) >= 11 is 0. The molecule has 0 radical (unpaired) electrons. The van der Waals surface area contributed by atoms with E-state index < -0.39 is 0 Å². The fraction of sp³-hybridized carbons (Fsp3) is 0.720. The highest BCUT2D eigenvalue weighted by Crippen LogP contribution is 2.45. The third-order valence-corrected chi connectivity index (χ3v) is 7.96. The normalized spacial score (nSPS) is 33.2. The molecule has 154 valence electrons. The van der Waals surface area contributed by atoms with Gasteiger partial charge in [0, 0.05) is 0 Å². The van der Waals surface area contributed by atoms with Crippen molar-refractivity contribution in [1.29, 1.82) is 0 Å². The Kier molecular flexibility index (Phi) is 6.08. The van der Waals surface area contributed by atoms with Crippen molar-refractivity contribution in [3.8, 4) is 5.75 Å². The van der Waals surface area contributed by atoms with Gasteiger partial charge >= 0.3 is 5.97 Å². The first kappa shape index (κ1) is 19.9. The zero-order valence-corrected chi connectivity index (χ0v) is 17.5. The lowest BCUT2D eigenvalue weighted by atomic mass is 9.66. The summed E-state index contributed by atoms with van der Waals surface area (Å²) in [5, 5.41) is 0. The van der Waals surface area contributed by atoms with Crippen molar-refractivity contribution in [3.05, 3.63) is 29.1 Å². The molecule has 4 rings (SSSR count). The molecule has 0 saturated heterocycles. The average molecular weight is 387 g/mol. The molecule has 1 unspecified atom stereocenters. The van der Waals surface area contributed by atoms with Gasteiger partial charge in [0.15, 0.2) is 11.6 Å². The van der Waals surface area contributed by atoms with E-state index >= 15 is 0 Å². The molecule has 2 saturated carbocycles. The molecular weight excluding hydrogens is 351 g/mol. The lowest BCUT2D eigenvalue weighted by molar-refractivity contribution is -0.143. The zero-order valence-electron chi connectivity index (χ0n) is 17.5. The number of benzene rings is 1. The molecule has 0 aromatic heterocycles. The van der Waals surface area contributed by atoms with Gasteiger partial charge < -0.3 is 4.74 Å². The first-order chi connectivity index (χ1) is 13.6. The van der Waals surface area contributed by atoms with Crippen molar-refractivity contribution < 1.29 is 13.9 Å². The minimum atomic E-state index is -0.369. The second-order valence-electron chi connectivity index (χ2n) is 9.66. The van der Waals surface area contributed by atoms with E-state index in [9.17, 15) is 9.18 Å². The number of ether oxygens (including phenoxy) is 1. The summed E-state index contributed by atoms with van der Waals surface area (Å²) in [5.41, 5.74) is 1.41. The molecular formula is C25H35FO2. The molecule has 3 aliphatic rings. The summed E-state index contributed by atoms with van der Waals surface area (Å²) in [7, 11) is 0. The maximum atomic E-state index is 14.3. The highest BCUT2D eigenvalue weighted by Gasteiger charge is 2.39. The van der Waals surface area contributed by atoms with E-state index in [4.69, 9.17) is 4.74 Å². The minimum Gasteiger partial charge on any atom is -0.423 e. The van der Waals surface area contributed by atoms with Gasteiger partial charge in [0.25, 0.3) is 0 Å². The summed E-state index contributed by atoms with van der Waals surface area (Å²) in [4.78, 5) is 12.6. The van der Waals surface area contributed by atoms with E-state index in [-0.39, 0.29) is 23.5 Å². The van der Waals surface area contributed by atoms with Crippen molar-refractivity contribution in [1.82, 2.24) is 0 Å². The molecule has 0 amide bonds. The average Bonchev–Trinajstić information content (AvgIpc) is 2.72. The van der Waals surface area contributed by atoms with E-state index in [2.05, 4.69) is 6.92 Å². The van der Waals surface area contributed by atoms with Crippen LogP contribution in [0.3, 0.4) is 0 Å². The van der Waals surface area contributed by atoms with Crippen LogP contribution in [0.5, 0.6) is 5.75 Å². The quantitative estimate of drug-likeness (QED) is 0.429. The highest BCUT2D eigenvalue weighted by molar-refractivity contribution is 5.78. The Morgan fingerprint density at radius 1 is 0.964 bits per heavy atom. The SMILES string of the molecule is CCCC1CCC(C2CCC(C3Cc4ccc(C)c(F)c4OC3=O)CC2)CC1. The van der Waals surface area contributed by atoms with Gasteiger partial charge in [0.1, 0.15) is 0 Å². The van der Waals surface area contributed by atoms with Crippen LogP contribution in [0.2, 0.25) is 0 Å². The van der Waals surface area contributed by atoms with Crippen LogP contribution in [-0.4, -0.2) is 5.97 Å². The lowest BCUT2D eigenvalue weighted by Crippen LogP contribution is -2.36. The van der Waals surface area contributed by atoms with Gasteiger partial charge in [-0.05, 0) is 86.7 Å². The third-order valence-electron chi connectivity index (χ3n) is 7.96. The number of fused-ring (bicyclic) bond motifs is 1. The third kappa shape index (κ3) is 4.00. The largest absolute Gasteiger partial charge is 0.423 e. The van der Waals surface area contributed by atoms with E-state index in [0.29, 0.717) is 17.9 Å². The van der Waals surface area contributed by atoms with E-state index in [1.807, 2.05) is 6.07 Å². The Hall–Kier alpha value is -1.38. The van der Waals surface area contributed by atoms with Crippen LogP contribution in [0.4, 0.5) is 4.39 Å². The smallest absolute Gasteiger partial charge is 0.315 e. The van der Waals surface area contributed by atoms with Gasteiger partial charge in [0.05, 0.1) is 5.92 Å². The van der Waals surface area contributed by atoms with E-state index in [1.165, 1.54) is 51.4 Å². The molecule has 1 aromatic carbocycles. The predicted molar refractivity (Wildman–Crippen MR) is 110 cm³/mol. The molecule has 0 spiro atoms. The van der Waals surface area contributed by atoms with Crippen LogP contribution in [0.1, 0.15) is 82.3 Å². The first-order valence-electron chi connectivity index (χ1n) is 11.6. The van der Waals surface area contributed by atoms with Gasteiger partial charge in [-0.15, -0.1) is 0 Å². The van der Waals surface area contributed by atoms with Crippen LogP contribution in [0.15, 0.2) is 12.1 Å². The van der Waals surface area contributed by atoms with Crippen molar-refractivity contribution >= 4 is 5.97 Å². The predicted octanol–water partition coefficient (Wildman–Crippen LogP) is 6.62. The van der Waals surface area contributed by atoms with Crippen LogP contribution in [0, 0.1) is 42.3 Å². The molecule has 1 atom stereocenters. The maximum Gasteiger partial charge on any atom is 0.315 e. The second kappa shape index (κ2) is 8.55. The highest BCUT2D eigenvalue weighted by atomic mass is 19.1. The Morgan fingerprint density at radius 3 is 2.21 bits per heavy atom. The first-order valence-corrected chi connectivity index (χ1v) is 11.6. The van der Waals surface area contributed by atoms with Crippen molar-refractivity contribution in [2.24, 2.45) is 29.6 Å². The molecule has 1 heterocycles. The van der Waals surface area contributed by atoms with E-state index in [0.717, 1.165) is 36.2 Å².